The highest BCUT2D eigenvalue weighted by molar-refractivity contribution is 5.99. The molecule has 0 saturated carbocycles. The normalized spacial score (nSPS) is 15.2. The Bertz CT molecular complexity index is 796. The first-order valence-electron chi connectivity index (χ1n) is 8.79. The van der Waals surface area contributed by atoms with Gasteiger partial charge in [0.2, 0.25) is 11.8 Å². The van der Waals surface area contributed by atoms with Gasteiger partial charge in [-0.3, -0.25) is 9.59 Å². The number of carbonyl (C=O) groups excluding carboxylic acids is 2. The third-order valence-electron chi connectivity index (χ3n) is 4.89. The van der Waals surface area contributed by atoms with Crippen LogP contribution in [0.1, 0.15) is 55.0 Å². The number of rotatable bonds is 5. The monoisotopic (exact) mass is 336 g/mol. The predicted octanol–water partition coefficient (Wildman–Crippen LogP) is 3.72. The second kappa shape index (κ2) is 7.09. The van der Waals surface area contributed by atoms with Gasteiger partial charge in [-0.15, -0.1) is 0 Å². The molecular weight excluding hydrogens is 312 g/mol. The average Bonchev–Trinajstić information content (AvgIpc) is 3.00. The molecule has 1 aliphatic rings. The largest absolute Gasteiger partial charge is 0.349 e. The standard InChI is InChI=1S/C21H24N2O2/c1-4-15-5-7-16(8-6-15)13(2)21(25)22-14(3)17-9-10-19-18(11-17)12-20(24)23-19/h5-11,13-14H,4,12H2,1-3H3,(H,22,25)(H,23,24). The Kier molecular flexibility index (Phi) is 4.88. The molecular formula is C21H24N2O2. The van der Waals surface area contributed by atoms with Crippen molar-refractivity contribution in [2.75, 3.05) is 5.32 Å². The Morgan fingerprint density at radius 1 is 1.12 bits per heavy atom. The van der Waals surface area contributed by atoms with E-state index in [0.29, 0.717) is 6.42 Å². The van der Waals surface area contributed by atoms with E-state index in [4.69, 9.17) is 0 Å². The van der Waals surface area contributed by atoms with Crippen LogP contribution in [0.3, 0.4) is 0 Å². The first kappa shape index (κ1) is 17.2. The summed E-state index contributed by atoms with van der Waals surface area (Å²) < 4.78 is 0. The number of aryl methyl sites for hydroxylation is 1. The number of hydrogen-bond acceptors (Lipinski definition) is 2. The van der Waals surface area contributed by atoms with Gasteiger partial charge >= 0.3 is 0 Å². The number of fused-ring (bicyclic) bond motifs is 1. The molecule has 2 N–H and O–H groups in total. The summed E-state index contributed by atoms with van der Waals surface area (Å²) in [6.07, 6.45) is 1.40. The molecule has 0 aromatic heterocycles. The number of amides is 2. The molecule has 2 aromatic carbocycles. The lowest BCUT2D eigenvalue weighted by Crippen LogP contribution is -2.30. The van der Waals surface area contributed by atoms with Gasteiger partial charge in [0.05, 0.1) is 18.4 Å². The van der Waals surface area contributed by atoms with Crippen molar-refractivity contribution in [2.24, 2.45) is 0 Å². The van der Waals surface area contributed by atoms with Crippen LogP contribution in [0.5, 0.6) is 0 Å². The van der Waals surface area contributed by atoms with Gasteiger partial charge in [-0.1, -0.05) is 43.3 Å². The molecule has 4 heteroatoms. The lowest BCUT2D eigenvalue weighted by molar-refractivity contribution is -0.122. The summed E-state index contributed by atoms with van der Waals surface area (Å²) >= 11 is 0. The van der Waals surface area contributed by atoms with Crippen LogP contribution >= 0.6 is 0 Å². The molecule has 0 saturated heterocycles. The number of anilines is 1. The molecule has 0 spiro atoms. The van der Waals surface area contributed by atoms with Crippen molar-refractivity contribution in [3.8, 4) is 0 Å². The summed E-state index contributed by atoms with van der Waals surface area (Å²) in [6, 6.07) is 14.0. The van der Waals surface area contributed by atoms with Crippen molar-refractivity contribution in [3.05, 3.63) is 64.7 Å². The van der Waals surface area contributed by atoms with E-state index in [1.807, 2.05) is 44.2 Å². The maximum atomic E-state index is 12.6. The van der Waals surface area contributed by atoms with Gasteiger partial charge < -0.3 is 10.6 Å². The lowest BCUT2D eigenvalue weighted by Gasteiger charge is -2.19. The van der Waals surface area contributed by atoms with E-state index in [2.05, 4.69) is 29.7 Å². The fraction of sp³-hybridized carbons (Fsp3) is 0.333. The van der Waals surface area contributed by atoms with Crippen LogP contribution < -0.4 is 10.6 Å². The van der Waals surface area contributed by atoms with Crippen LogP contribution in [0.25, 0.3) is 0 Å². The molecule has 1 aliphatic heterocycles. The minimum absolute atomic E-state index is 0.00597. The Morgan fingerprint density at radius 2 is 1.80 bits per heavy atom. The average molecular weight is 336 g/mol. The van der Waals surface area contributed by atoms with E-state index < -0.39 is 0 Å². The summed E-state index contributed by atoms with van der Waals surface area (Å²) in [5.74, 6) is -0.175. The van der Waals surface area contributed by atoms with Crippen LogP contribution in [0.15, 0.2) is 42.5 Å². The summed E-state index contributed by atoms with van der Waals surface area (Å²) in [4.78, 5) is 24.1. The minimum Gasteiger partial charge on any atom is -0.349 e. The quantitative estimate of drug-likeness (QED) is 0.874. The molecule has 0 radical (unpaired) electrons. The Hall–Kier alpha value is -2.62. The van der Waals surface area contributed by atoms with Crippen molar-refractivity contribution in [3.63, 3.8) is 0 Å². The Balaban J connectivity index is 1.67. The smallest absolute Gasteiger partial charge is 0.228 e. The van der Waals surface area contributed by atoms with E-state index in [9.17, 15) is 9.59 Å². The zero-order chi connectivity index (χ0) is 18.0. The van der Waals surface area contributed by atoms with Crippen LogP contribution in [-0.2, 0) is 22.4 Å². The number of carbonyl (C=O) groups is 2. The lowest BCUT2D eigenvalue weighted by atomic mass is 9.97. The second-order valence-corrected chi connectivity index (χ2v) is 6.69. The van der Waals surface area contributed by atoms with Crippen molar-refractivity contribution in [1.82, 2.24) is 5.32 Å². The molecule has 2 amide bonds. The molecule has 0 aliphatic carbocycles. The van der Waals surface area contributed by atoms with E-state index in [0.717, 1.165) is 28.8 Å². The van der Waals surface area contributed by atoms with Crippen LogP contribution in [0, 0.1) is 0 Å². The fourth-order valence-electron chi connectivity index (χ4n) is 3.13. The number of benzene rings is 2. The van der Waals surface area contributed by atoms with Crippen LogP contribution in [0.2, 0.25) is 0 Å². The van der Waals surface area contributed by atoms with Crippen molar-refractivity contribution in [1.29, 1.82) is 0 Å². The van der Waals surface area contributed by atoms with Crippen molar-refractivity contribution < 1.29 is 9.59 Å². The van der Waals surface area contributed by atoms with E-state index in [1.54, 1.807) is 0 Å². The van der Waals surface area contributed by atoms with Crippen LogP contribution in [-0.4, -0.2) is 11.8 Å². The second-order valence-electron chi connectivity index (χ2n) is 6.69. The fourth-order valence-corrected chi connectivity index (χ4v) is 3.13. The molecule has 2 aromatic rings. The highest BCUT2D eigenvalue weighted by Crippen LogP contribution is 2.27. The predicted molar refractivity (Wildman–Crippen MR) is 99.6 cm³/mol. The molecule has 130 valence electrons. The maximum absolute atomic E-state index is 12.6. The molecule has 0 fully saturated rings. The van der Waals surface area contributed by atoms with Gasteiger partial charge in [-0.05, 0) is 48.6 Å². The molecule has 0 bridgehead atoms. The topological polar surface area (TPSA) is 58.2 Å². The van der Waals surface area contributed by atoms with E-state index >= 15 is 0 Å². The van der Waals surface area contributed by atoms with E-state index in [1.165, 1.54) is 5.56 Å². The van der Waals surface area contributed by atoms with Gasteiger partial charge in [-0.2, -0.15) is 0 Å². The first-order chi connectivity index (χ1) is 12.0. The summed E-state index contributed by atoms with van der Waals surface area (Å²) in [6.45, 7) is 6.01. The van der Waals surface area contributed by atoms with Crippen molar-refractivity contribution in [2.45, 2.75) is 45.6 Å². The van der Waals surface area contributed by atoms with Gasteiger partial charge in [0.25, 0.3) is 0 Å². The van der Waals surface area contributed by atoms with Gasteiger partial charge in [0, 0.05) is 5.69 Å². The van der Waals surface area contributed by atoms with E-state index in [-0.39, 0.29) is 23.8 Å². The molecule has 3 rings (SSSR count). The molecule has 25 heavy (non-hydrogen) atoms. The number of hydrogen-bond donors (Lipinski definition) is 2. The summed E-state index contributed by atoms with van der Waals surface area (Å²) in [7, 11) is 0. The molecule has 2 atom stereocenters. The van der Waals surface area contributed by atoms with Crippen molar-refractivity contribution >= 4 is 17.5 Å². The van der Waals surface area contributed by atoms with Gasteiger partial charge in [0.15, 0.2) is 0 Å². The maximum Gasteiger partial charge on any atom is 0.228 e. The highest BCUT2D eigenvalue weighted by atomic mass is 16.2. The van der Waals surface area contributed by atoms with Gasteiger partial charge in [0.1, 0.15) is 0 Å². The zero-order valence-electron chi connectivity index (χ0n) is 14.9. The molecule has 1 heterocycles. The molecule has 4 nitrogen and oxygen atoms in total. The highest BCUT2D eigenvalue weighted by Gasteiger charge is 2.21. The molecule has 2 unspecified atom stereocenters. The third kappa shape index (κ3) is 3.73. The van der Waals surface area contributed by atoms with Gasteiger partial charge in [-0.25, -0.2) is 0 Å². The third-order valence-corrected chi connectivity index (χ3v) is 4.89. The van der Waals surface area contributed by atoms with Crippen LogP contribution in [0.4, 0.5) is 5.69 Å². The summed E-state index contributed by atoms with van der Waals surface area (Å²) in [5, 5.41) is 5.91. The SMILES string of the molecule is CCc1ccc(C(C)C(=O)NC(C)c2ccc3c(c2)CC(=O)N3)cc1. The Labute approximate surface area is 148 Å². The minimum atomic E-state index is -0.203. The Morgan fingerprint density at radius 3 is 2.48 bits per heavy atom. The summed E-state index contributed by atoms with van der Waals surface area (Å²) in [5.41, 5.74) is 5.16. The zero-order valence-corrected chi connectivity index (χ0v) is 14.9. The number of nitrogens with one attached hydrogen (secondary N) is 2. The first-order valence-corrected chi connectivity index (χ1v) is 8.79.